The zero-order valence-corrected chi connectivity index (χ0v) is 18.8. The highest BCUT2D eigenvalue weighted by molar-refractivity contribution is 5.87. The Hall–Kier alpha value is -2.73. The van der Waals surface area contributed by atoms with E-state index in [0.717, 1.165) is 24.0 Å². The number of benzene rings is 2. The molecule has 0 bridgehead atoms. The van der Waals surface area contributed by atoms with Crippen LogP contribution in [0.3, 0.4) is 0 Å². The zero-order valence-electron chi connectivity index (χ0n) is 18.8. The quantitative estimate of drug-likeness (QED) is 0.743. The average molecular weight is 439 g/mol. The Morgan fingerprint density at radius 2 is 1.88 bits per heavy atom. The number of nitrogens with one attached hydrogen (secondary N) is 1. The molecule has 4 rings (SSSR count). The van der Waals surface area contributed by atoms with Crippen LogP contribution in [0.25, 0.3) is 11.1 Å². The molecule has 0 aliphatic carbocycles. The van der Waals surface area contributed by atoms with E-state index in [1.54, 1.807) is 17.0 Å². The SMILES string of the molecule is CC(C)NC(=O)[C@@]1(Cc2ccccc2-c2ccccc2F)CCN(C(=O)[C@@H]2CCCO2)C1. The fraction of sp³-hybridized carbons (Fsp3) is 0.462. The summed E-state index contributed by atoms with van der Waals surface area (Å²) >= 11 is 0. The van der Waals surface area contributed by atoms with Crippen molar-refractivity contribution in [3.05, 3.63) is 59.9 Å². The molecule has 0 unspecified atom stereocenters. The van der Waals surface area contributed by atoms with Gasteiger partial charge in [0.25, 0.3) is 5.91 Å². The smallest absolute Gasteiger partial charge is 0.251 e. The second kappa shape index (κ2) is 9.41. The zero-order chi connectivity index (χ0) is 22.7. The largest absolute Gasteiger partial charge is 0.368 e. The molecular weight excluding hydrogens is 407 g/mol. The molecule has 2 fully saturated rings. The van der Waals surface area contributed by atoms with E-state index >= 15 is 0 Å². The number of amides is 2. The summed E-state index contributed by atoms with van der Waals surface area (Å²) in [7, 11) is 0. The van der Waals surface area contributed by atoms with E-state index in [9.17, 15) is 14.0 Å². The minimum atomic E-state index is -0.764. The third-order valence-corrected chi connectivity index (χ3v) is 6.48. The Bertz CT molecular complexity index is 987. The molecular formula is C26H31FN2O3. The minimum absolute atomic E-state index is 0.0101. The van der Waals surface area contributed by atoms with Crippen molar-refractivity contribution in [2.45, 2.75) is 51.7 Å². The molecule has 2 saturated heterocycles. The summed E-state index contributed by atoms with van der Waals surface area (Å²) in [6.07, 6.45) is 2.22. The molecule has 2 heterocycles. The van der Waals surface area contributed by atoms with E-state index in [-0.39, 0.29) is 23.7 Å². The monoisotopic (exact) mass is 438 g/mol. The summed E-state index contributed by atoms with van der Waals surface area (Å²) in [4.78, 5) is 28.2. The minimum Gasteiger partial charge on any atom is -0.368 e. The van der Waals surface area contributed by atoms with Crippen molar-refractivity contribution in [2.75, 3.05) is 19.7 Å². The van der Waals surface area contributed by atoms with E-state index in [4.69, 9.17) is 4.74 Å². The fourth-order valence-electron chi connectivity index (χ4n) is 4.84. The van der Waals surface area contributed by atoms with Crippen LogP contribution in [0.2, 0.25) is 0 Å². The molecule has 5 nitrogen and oxygen atoms in total. The van der Waals surface area contributed by atoms with Gasteiger partial charge in [-0.25, -0.2) is 4.39 Å². The van der Waals surface area contributed by atoms with Gasteiger partial charge in [0.2, 0.25) is 5.91 Å². The summed E-state index contributed by atoms with van der Waals surface area (Å²) in [5.41, 5.74) is 1.45. The van der Waals surface area contributed by atoms with Gasteiger partial charge in [-0.15, -0.1) is 0 Å². The summed E-state index contributed by atoms with van der Waals surface area (Å²) in [6, 6.07) is 14.3. The van der Waals surface area contributed by atoms with E-state index in [2.05, 4.69) is 5.32 Å². The second-order valence-electron chi connectivity index (χ2n) is 9.23. The van der Waals surface area contributed by atoms with Gasteiger partial charge >= 0.3 is 0 Å². The molecule has 0 saturated carbocycles. The fourth-order valence-corrected chi connectivity index (χ4v) is 4.84. The van der Waals surface area contributed by atoms with E-state index in [0.29, 0.717) is 38.1 Å². The van der Waals surface area contributed by atoms with Gasteiger partial charge in [0.05, 0.1) is 5.41 Å². The van der Waals surface area contributed by atoms with Crippen molar-refractivity contribution in [3.63, 3.8) is 0 Å². The van der Waals surface area contributed by atoms with Crippen LogP contribution in [0.4, 0.5) is 4.39 Å². The van der Waals surface area contributed by atoms with Gasteiger partial charge in [0, 0.05) is 31.3 Å². The highest BCUT2D eigenvalue weighted by atomic mass is 19.1. The lowest BCUT2D eigenvalue weighted by molar-refractivity contribution is -0.141. The van der Waals surface area contributed by atoms with E-state index in [1.165, 1.54) is 6.07 Å². The predicted molar refractivity (Wildman–Crippen MR) is 121 cm³/mol. The summed E-state index contributed by atoms with van der Waals surface area (Å²) in [5.74, 6) is -0.371. The molecule has 0 spiro atoms. The molecule has 2 atom stereocenters. The van der Waals surface area contributed by atoms with E-state index in [1.807, 2.05) is 44.2 Å². The number of hydrogen-bond donors (Lipinski definition) is 1. The lowest BCUT2D eigenvalue weighted by atomic mass is 9.78. The van der Waals surface area contributed by atoms with Gasteiger partial charge < -0.3 is 15.0 Å². The number of carbonyl (C=O) groups is 2. The first-order valence-corrected chi connectivity index (χ1v) is 11.4. The molecule has 0 aromatic heterocycles. The van der Waals surface area contributed by atoms with Gasteiger partial charge in [0.1, 0.15) is 11.9 Å². The third kappa shape index (κ3) is 4.56. The van der Waals surface area contributed by atoms with Crippen LogP contribution in [-0.4, -0.2) is 48.6 Å². The van der Waals surface area contributed by atoms with Crippen LogP contribution in [0, 0.1) is 11.2 Å². The molecule has 170 valence electrons. The van der Waals surface area contributed by atoms with Crippen LogP contribution in [0.5, 0.6) is 0 Å². The van der Waals surface area contributed by atoms with Crippen LogP contribution in [0.15, 0.2) is 48.5 Å². The Labute approximate surface area is 188 Å². The van der Waals surface area contributed by atoms with Crippen LogP contribution < -0.4 is 5.32 Å². The number of rotatable bonds is 6. The first-order valence-electron chi connectivity index (χ1n) is 11.4. The average Bonchev–Trinajstić information content (AvgIpc) is 3.45. The number of likely N-dealkylation sites (tertiary alicyclic amines) is 1. The molecule has 2 amide bonds. The summed E-state index contributed by atoms with van der Waals surface area (Å²) in [6.45, 7) is 5.34. The number of ether oxygens (including phenoxy) is 1. The summed E-state index contributed by atoms with van der Waals surface area (Å²) < 4.78 is 20.2. The number of halogens is 1. The molecule has 0 radical (unpaired) electrons. The Morgan fingerprint density at radius 3 is 2.56 bits per heavy atom. The maximum absolute atomic E-state index is 14.6. The summed E-state index contributed by atoms with van der Waals surface area (Å²) in [5, 5.41) is 3.06. The molecule has 2 aliphatic rings. The van der Waals surface area contributed by atoms with Gasteiger partial charge in [-0.2, -0.15) is 0 Å². The first-order chi connectivity index (χ1) is 15.4. The Balaban J connectivity index is 1.65. The molecule has 2 aromatic carbocycles. The molecule has 32 heavy (non-hydrogen) atoms. The lowest BCUT2D eigenvalue weighted by Gasteiger charge is -2.30. The highest BCUT2D eigenvalue weighted by Crippen LogP contribution is 2.38. The van der Waals surface area contributed by atoms with Gasteiger partial charge in [-0.05, 0) is 56.7 Å². The van der Waals surface area contributed by atoms with Crippen molar-refractivity contribution < 1.29 is 18.7 Å². The van der Waals surface area contributed by atoms with Gasteiger partial charge in [-0.3, -0.25) is 9.59 Å². The number of hydrogen-bond acceptors (Lipinski definition) is 3. The molecule has 2 aliphatic heterocycles. The predicted octanol–water partition coefficient (Wildman–Crippen LogP) is 3.96. The normalized spacial score (nSPS) is 23.0. The third-order valence-electron chi connectivity index (χ3n) is 6.48. The van der Waals surface area contributed by atoms with Crippen molar-refractivity contribution in [2.24, 2.45) is 5.41 Å². The molecule has 1 N–H and O–H groups in total. The van der Waals surface area contributed by atoms with Crippen LogP contribution >= 0.6 is 0 Å². The van der Waals surface area contributed by atoms with Crippen LogP contribution in [0.1, 0.15) is 38.7 Å². The van der Waals surface area contributed by atoms with Gasteiger partial charge in [0.15, 0.2) is 0 Å². The van der Waals surface area contributed by atoms with Crippen molar-refractivity contribution in [1.29, 1.82) is 0 Å². The van der Waals surface area contributed by atoms with E-state index < -0.39 is 11.5 Å². The molecule has 6 heteroatoms. The maximum atomic E-state index is 14.6. The van der Waals surface area contributed by atoms with Crippen molar-refractivity contribution in [1.82, 2.24) is 10.2 Å². The van der Waals surface area contributed by atoms with Crippen molar-refractivity contribution in [3.8, 4) is 11.1 Å². The molecule has 2 aromatic rings. The highest BCUT2D eigenvalue weighted by Gasteiger charge is 2.47. The van der Waals surface area contributed by atoms with Crippen LogP contribution in [-0.2, 0) is 20.7 Å². The number of nitrogens with zero attached hydrogens (tertiary/aromatic N) is 1. The Kier molecular flexibility index (Phi) is 6.60. The van der Waals surface area contributed by atoms with Crippen molar-refractivity contribution >= 4 is 11.8 Å². The van der Waals surface area contributed by atoms with Gasteiger partial charge in [-0.1, -0.05) is 42.5 Å². The first kappa shape index (κ1) is 22.5. The Morgan fingerprint density at radius 1 is 1.16 bits per heavy atom. The topological polar surface area (TPSA) is 58.6 Å². The lowest BCUT2D eigenvalue weighted by Crippen LogP contribution is -2.48. The standard InChI is InChI=1S/C26H31FN2O3/c1-18(2)28-25(31)26(13-14-29(17-26)24(30)23-12-7-15-32-23)16-19-8-3-4-9-20(19)21-10-5-6-11-22(21)27/h3-6,8-11,18,23H,7,12-17H2,1-2H3,(H,28,31)/t23-,26+/m0/s1. The second-order valence-corrected chi connectivity index (χ2v) is 9.23. The number of carbonyl (C=O) groups excluding carboxylic acids is 2. The maximum Gasteiger partial charge on any atom is 0.251 e.